The Balaban J connectivity index is 1.73. The zero-order chi connectivity index (χ0) is 19.2. The molecule has 1 aromatic carbocycles. The summed E-state index contributed by atoms with van der Waals surface area (Å²) in [5.74, 6) is 5.57. The van der Waals surface area contributed by atoms with Crippen LogP contribution in [0.1, 0.15) is 25.3 Å². The zero-order valence-corrected chi connectivity index (χ0v) is 15.8. The summed E-state index contributed by atoms with van der Waals surface area (Å²) in [5, 5.41) is 21.6. The minimum Gasteiger partial charge on any atom is -0.508 e. The first-order valence-electron chi connectivity index (χ1n) is 8.72. The van der Waals surface area contributed by atoms with Crippen molar-refractivity contribution in [2.45, 2.75) is 32.7 Å². The Bertz CT molecular complexity index is 953. The number of anilines is 1. The Morgan fingerprint density at radius 3 is 2.81 bits per heavy atom. The number of aromatic hydroxyl groups is 1. The van der Waals surface area contributed by atoms with Crippen molar-refractivity contribution in [2.24, 2.45) is 10.9 Å². The lowest BCUT2D eigenvalue weighted by molar-refractivity contribution is 0.475. The van der Waals surface area contributed by atoms with Crippen LogP contribution in [0.2, 0.25) is 0 Å². The molecule has 0 spiro atoms. The number of phenolic OH excluding ortho intramolecular Hbond substituents is 1. The van der Waals surface area contributed by atoms with Crippen LogP contribution in [0.15, 0.2) is 64.7 Å². The van der Waals surface area contributed by atoms with Gasteiger partial charge >= 0.3 is 0 Å². The third-order valence-electron chi connectivity index (χ3n) is 4.18. The first kappa shape index (κ1) is 18.9. The second-order valence-electron chi connectivity index (χ2n) is 6.05. The highest BCUT2D eigenvalue weighted by Crippen LogP contribution is 2.23. The molecular formula is C19H22FN5OS. The van der Waals surface area contributed by atoms with Gasteiger partial charge in [0.1, 0.15) is 11.6 Å². The number of benzene rings is 1. The van der Waals surface area contributed by atoms with E-state index in [1.807, 2.05) is 25.1 Å². The van der Waals surface area contributed by atoms with E-state index in [1.165, 1.54) is 11.3 Å². The van der Waals surface area contributed by atoms with E-state index < -0.39 is 0 Å². The molecule has 0 aliphatic heterocycles. The first-order valence-corrected chi connectivity index (χ1v) is 9.54. The topological polar surface area (TPSA) is 88.5 Å². The van der Waals surface area contributed by atoms with Crippen LogP contribution in [0.4, 0.5) is 9.52 Å². The minimum atomic E-state index is -0.175. The maximum absolute atomic E-state index is 13.9. The van der Waals surface area contributed by atoms with E-state index in [0.717, 1.165) is 17.7 Å². The molecule has 8 heteroatoms. The number of allylic oxidation sites excluding steroid dienone is 5. The summed E-state index contributed by atoms with van der Waals surface area (Å²) >= 11 is 1.34. The van der Waals surface area contributed by atoms with Gasteiger partial charge in [-0.3, -0.25) is 0 Å². The minimum absolute atomic E-state index is 0.175. The third-order valence-corrected chi connectivity index (χ3v) is 5.06. The van der Waals surface area contributed by atoms with Crippen molar-refractivity contribution in [1.29, 1.82) is 0 Å². The van der Waals surface area contributed by atoms with Gasteiger partial charge in [-0.25, -0.2) is 9.07 Å². The Hall–Kier alpha value is -2.87. The van der Waals surface area contributed by atoms with Gasteiger partial charge in [-0.2, -0.15) is 5.10 Å². The van der Waals surface area contributed by atoms with Crippen LogP contribution >= 0.6 is 11.3 Å². The largest absolute Gasteiger partial charge is 0.508 e. The molecule has 0 bridgehead atoms. The number of phenols is 1. The Labute approximate surface area is 160 Å². The number of hydrogen-bond acceptors (Lipinski definition) is 6. The maximum Gasteiger partial charge on any atom is 0.227 e. The molecule has 27 heavy (non-hydrogen) atoms. The van der Waals surface area contributed by atoms with Crippen molar-refractivity contribution < 1.29 is 9.50 Å². The molecule has 1 aromatic heterocycles. The summed E-state index contributed by atoms with van der Waals surface area (Å²) in [4.78, 5) is 0.592. The summed E-state index contributed by atoms with van der Waals surface area (Å²) in [7, 11) is 0. The van der Waals surface area contributed by atoms with Gasteiger partial charge in [-0.05, 0) is 54.7 Å². The molecule has 0 amide bonds. The molecule has 1 heterocycles. The molecule has 0 unspecified atom stereocenters. The normalized spacial score (nSPS) is 15.0. The molecule has 0 fully saturated rings. The Kier molecular flexibility index (Phi) is 6.08. The molecule has 2 aromatic rings. The molecule has 0 saturated heterocycles. The van der Waals surface area contributed by atoms with Gasteiger partial charge in [0.05, 0.1) is 0 Å². The lowest BCUT2D eigenvalue weighted by Gasteiger charge is -2.05. The van der Waals surface area contributed by atoms with Gasteiger partial charge in [0, 0.05) is 12.2 Å². The van der Waals surface area contributed by atoms with Crippen molar-refractivity contribution in [2.75, 3.05) is 5.32 Å². The van der Waals surface area contributed by atoms with Crippen LogP contribution in [0.3, 0.4) is 0 Å². The van der Waals surface area contributed by atoms with Gasteiger partial charge in [0.2, 0.25) is 9.93 Å². The highest BCUT2D eigenvalue weighted by atomic mass is 32.1. The van der Waals surface area contributed by atoms with Crippen LogP contribution in [-0.4, -0.2) is 14.9 Å². The standard InChI is InChI=1S/C19H22FN5OS/c1-2-14-12-15(4-3-5-17(14)20)22-18-24-25(19(23-21)27-18)11-10-13-6-8-16(26)9-7-13/h4-9,12,26H,2-3,10-11,21H2,1H3,(H,22,24)/b23-19+. The summed E-state index contributed by atoms with van der Waals surface area (Å²) in [6.07, 6.45) is 7.17. The number of nitrogens with one attached hydrogen (secondary N) is 1. The van der Waals surface area contributed by atoms with Gasteiger partial charge in [0.15, 0.2) is 0 Å². The van der Waals surface area contributed by atoms with E-state index in [9.17, 15) is 9.50 Å². The van der Waals surface area contributed by atoms with Crippen molar-refractivity contribution in [3.8, 4) is 5.75 Å². The number of nitrogens with zero attached hydrogens (tertiary/aromatic N) is 3. The summed E-state index contributed by atoms with van der Waals surface area (Å²) in [5.41, 5.74) is 2.54. The lowest BCUT2D eigenvalue weighted by atomic mass is 10.1. The van der Waals surface area contributed by atoms with Crippen molar-refractivity contribution in [3.63, 3.8) is 0 Å². The fraction of sp³-hybridized carbons (Fsp3) is 0.263. The molecule has 4 N–H and O–H groups in total. The molecule has 1 aliphatic rings. The summed E-state index contributed by atoms with van der Waals surface area (Å²) in [6, 6.07) is 7.06. The molecule has 1 aliphatic carbocycles. The fourth-order valence-corrected chi connectivity index (χ4v) is 3.49. The SMILES string of the molecule is CCC1=CC(Nc2nn(CCc3ccc(O)cc3)/c(=N\N)s2)=CCC=C1F. The number of hydrogen-bond donors (Lipinski definition) is 3. The number of aromatic nitrogens is 2. The third kappa shape index (κ3) is 4.85. The molecule has 0 atom stereocenters. The van der Waals surface area contributed by atoms with Gasteiger partial charge in [-0.15, -0.1) is 5.10 Å². The highest BCUT2D eigenvalue weighted by molar-refractivity contribution is 7.12. The average molecular weight is 387 g/mol. The summed E-state index contributed by atoms with van der Waals surface area (Å²) < 4.78 is 15.6. The molecule has 6 nitrogen and oxygen atoms in total. The van der Waals surface area contributed by atoms with E-state index in [-0.39, 0.29) is 11.6 Å². The number of aryl methyl sites for hydroxylation is 2. The van der Waals surface area contributed by atoms with Crippen molar-refractivity contribution >= 4 is 16.5 Å². The molecule has 0 radical (unpaired) electrons. The lowest BCUT2D eigenvalue weighted by Crippen LogP contribution is -2.19. The highest BCUT2D eigenvalue weighted by Gasteiger charge is 2.10. The molecule has 3 rings (SSSR count). The zero-order valence-electron chi connectivity index (χ0n) is 15.0. The Morgan fingerprint density at radius 1 is 1.33 bits per heavy atom. The van der Waals surface area contributed by atoms with E-state index in [0.29, 0.717) is 34.9 Å². The fourth-order valence-electron chi connectivity index (χ4n) is 2.72. The Morgan fingerprint density at radius 2 is 2.11 bits per heavy atom. The van der Waals surface area contributed by atoms with Crippen molar-refractivity contribution in [1.82, 2.24) is 9.78 Å². The predicted octanol–water partition coefficient (Wildman–Crippen LogP) is 3.56. The maximum atomic E-state index is 13.9. The average Bonchev–Trinajstić information content (AvgIpc) is 2.97. The van der Waals surface area contributed by atoms with Crippen LogP contribution < -0.4 is 16.0 Å². The molecule has 142 valence electrons. The van der Waals surface area contributed by atoms with Gasteiger partial charge < -0.3 is 16.3 Å². The smallest absolute Gasteiger partial charge is 0.227 e. The van der Waals surface area contributed by atoms with Crippen LogP contribution in [0.25, 0.3) is 0 Å². The van der Waals surface area contributed by atoms with E-state index in [4.69, 9.17) is 5.84 Å². The second kappa shape index (κ2) is 8.68. The summed E-state index contributed by atoms with van der Waals surface area (Å²) in [6.45, 7) is 2.53. The number of halogens is 1. The van der Waals surface area contributed by atoms with Gasteiger partial charge in [-0.1, -0.05) is 36.5 Å². The van der Waals surface area contributed by atoms with E-state index >= 15 is 0 Å². The quantitative estimate of drug-likeness (QED) is 0.522. The second-order valence-corrected chi connectivity index (χ2v) is 7.01. The predicted molar refractivity (Wildman–Crippen MR) is 106 cm³/mol. The van der Waals surface area contributed by atoms with E-state index in [1.54, 1.807) is 29.0 Å². The molecular weight excluding hydrogens is 365 g/mol. The van der Waals surface area contributed by atoms with Crippen LogP contribution in [0, 0.1) is 0 Å². The number of rotatable bonds is 6. The van der Waals surface area contributed by atoms with Crippen LogP contribution in [0.5, 0.6) is 5.75 Å². The monoisotopic (exact) mass is 387 g/mol. The van der Waals surface area contributed by atoms with E-state index in [2.05, 4.69) is 15.5 Å². The first-order chi connectivity index (χ1) is 13.1. The van der Waals surface area contributed by atoms with Gasteiger partial charge in [0.25, 0.3) is 0 Å². The number of nitrogens with two attached hydrogens (primary N) is 1. The van der Waals surface area contributed by atoms with Crippen molar-refractivity contribution in [3.05, 3.63) is 70.0 Å². The van der Waals surface area contributed by atoms with Crippen LogP contribution in [-0.2, 0) is 13.0 Å². The molecule has 0 saturated carbocycles.